The molecule has 0 aromatic heterocycles. The van der Waals surface area contributed by atoms with Gasteiger partial charge in [0.1, 0.15) is 5.78 Å². The van der Waals surface area contributed by atoms with E-state index in [4.69, 9.17) is 8.85 Å². The SMILES string of the molecule is CCCCC[C@@H](/C=C/[C@@H]1[C@@H](O[Si](C)(C)C(C)(C)C)CC(=O)[C@H]1CO)O[Si](C)(C)C(C)(C)C. The number of carbonyl (C=O) groups is 1. The molecule has 1 aliphatic carbocycles. The van der Waals surface area contributed by atoms with Crippen molar-refractivity contribution < 1.29 is 18.8 Å². The van der Waals surface area contributed by atoms with Gasteiger partial charge in [0.2, 0.25) is 0 Å². The largest absolute Gasteiger partial charge is 0.413 e. The van der Waals surface area contributed by atoms with Crippen molar-refractivity contribution in [3.63, 3.8) is 0 Å². The fraction of sp³-hybridized carbons (Fsp3) is 0.885. The van der Waals surface area contributed by atoms with Crippen LogP contribution in [0.15, 0.2) is 12.2 Å². The van der Waals surface area contributed by atoms with Crippen molar-refractivity contribution >= 4 is 22.4 Å². The molecule has 32 heavy (non-hydrogen) atoms. The summed E-state index contributed by atoms with van der Waals surface area (Å²) in [4.78, 5) is 12.7. The number of carbonyl (C=O) groups excluding carboxylic acids is 1. The molecule has 0 unspecified atom stereocenters. The van der Waals surface area contributed by atoms with Crippen LogP contribution in [-0.2, 0) is 13.6 Å². The standard InChI is InChI=1S/C26H52O4Si2/c1-12-13-14-15-20(29-31(8,9)25(2,3)4)16-17-21-22(19-27)23(28)18-24(21)30-32(10,11)26(5,6)7/h16-17,20-22,24,27H,12-15,18-19H2,1-11H3/b17-16+/t20-,21-,22-,24-/m0/s1. The molecular weight excluding hydrogens is 432 g/mol. The zero-order valence-electron chi connectivity index (χ0n) is 22.9. The van der Waals surface area contributed by atoms with Crippen molar-refractivity contribution in [1.82, 2.24) is 0 Å². The number of aliphatic hydroxyl groups excluding tert-OH is 1. The Bertz CT molecular complexity index is 629. The van der Waals surface area contributed by atoms with Crippen molar-refractivity contribution in [3.8, 4) is 0 Å². The number of unbranched alkanes of at least 4 members (excludes halogenated alkanes) is 2. The van der Waals surface area contributed by atoms with E-state index in [1.165, 1.54) is 12.8 Å². The van der Waals surface area contributed by atoms with Crippen molar-refractivity contribution in [1.29, 1.82) is 0 Å². The second kappa shape index (κ2) is 11.4. The van der Waals surface area contributed by atoms with Crippen LogP contribution in [0.1, 0.15) is 80.6 Å². The molecule has 4 nitrogen and oxygen atoms in total. The first kappa shape index (κ1) is 29.8. The molecule has 0 aromatic rings. The number of Topliss-reactive ketones (excluding diaryl/α,β-unsaturated/α-hetero) is 1. The second-order valence-electron chi connectivity index (χ2n) is 12.8. The highest BCUT2D eigenvalue weighted by molar-refractivity contribution is 6.74. The van der Waals surface area contributed by atoms with Crippen molar-refractivity contribution in [2.45, 2.75) is 129 Å². The number of ketones is 1. The van der Waals surface area contributed by atoms with E-state index in [1.807, 2.05) is 0 Å². The first-order valence-corrected chi connectivity index (χ1v) is 18.5. The maximum atomic E-state index is 12.7. The fourth-order valence-electron chi connectivity index (χ4n) is 3.71. The molecule has 1 aliphatic rings. The molecule has 0 saturated heterocycles. The number of hydrogen-bond donors (Lipinski definition) is 1. The van der Waals surface area contributed by atoms with Gasteiger partial charge in [0.15, 0.2) is 16.6 Å². The van der Waals surface area contributed by atoms with Gasteiger partial charge in [-0.05, 0) is 42.7 Å². The molecule has 1 fully saturated rings. The minimum absolute atomic E-state index is 0.0472. The van der Waals surface area contributed by atoms with Crippen molar-refractivity contribution in [3.05, 3.63) is 12.2 Å². The van der Waals surface area contributed by atoms with Crippen LogP contribution in [0, 0.1) is 11.8 Å². The van der Waals surface area contributed by atoms with E-state index in [2.05, 4.69) is 86.8 Å². The molecule has 4 atom stereocenters. The highest BCUT2D eigenvalue weighted by atomic mass is 28.4. The summed E-state index contributed by atoms with van der Waals surface area (Å²) >= 11 is 0. The summed E-state index contributed by atoms with van der Waals surface area (Å²) in [7, 11) is -3.94. The van der Waals surface area contributed by atoms with Crippen LogP contribution in [0.2, 0.25) is 36.3 Å². The molecule has 0 aromatic carbocycles. The summed E-state index contributed by atoms with van der Waals surface area (Å²) in [5.74, 6) is -0.331. The van der Waals surface area contributed by atoms with E-state index in [-0.39, 0.29) is 46.5 Å². The minimum atomic E-state index is -2.02. The quantitative estimate of drug-likeness (QED) is 0.193. The fourth-order valence-corrected chi connectivity index (χ4v) is 6.37. The monoisotopic (exact) mass is 484 g/mol. The lowest BCUT2D eigenvalue weighted by molar-refractivity contribution is -0.122. The third-order valence-electron chi connectivity index (χ3n) is 8.05. The molecule has 0 bridgehead atoms. The van der Waals surface area contributed by atoms with E-state index in [9.17, 15) is 9.90 Å². The van der Waals surface area contributed by atoms with E-state index < -0.39 is 16.6 Å². The summed E-state index contributed by atoms with van der Waals surface area (Å²) < 4.78 is 13.5. The molecule has 0 radical (unpaired) electrons. The first-order chi connectivity index (χ1) is 14.5. The summed E-state index contributed by atoms with van der Waals surface area (Å²) in [6.45, 7) is 24.7. The van der Waals surface area contributed by atoms with Crippen LogP contribution in [0.25, 0.3) is 0 Å². The Morgan fingerprint density at radius 2 is 1.59 bits per heavy atom. The summed E-state index contributed by atoms with van der Waals surface area (Å²) in [6, 6.07) is 0. The number of aliphatic hydroxyl groups is 1. The van der Waals surface area contributed by atoms with E-state index >= 15 is 0 Å². The van der Waals surface area contributed by atoms with Gasteiger partial charge in [0.05, 0.1) is 18.8 Å². The molecular formula is C26H52O4Si2. The lowest BCUT2D eigenvalue weighted by atomic mass is 9.94. The van der Waals surface area contributed by atoms with Crippen LogP contribution in [0.3, 0.4) is 0 Å². The van der Waals surface area contributed by atoms with Crippen LogP contribution in [0.4, 0.5) is 0 Å². The van der Waals surface area contributed by atoms with Gasteiger partial charge in [-0.25, -0.2) is 0 Å². The Hall–Kier alpha value is -0.276. The Labute approximate surface area is 200 Å². The highest BCUT2D eigenvalue weighted by Crippen LogP contribution is 2.42. The molecule has 1 rings (SSSR count). The van der Waals surface area contributed by atoms with E-state index in [1.54, 1.807) is 0 Å². The average Bonchev–Trinajstić information content (AvgIpc) is 2.91. The Morgan fingerprint density at radius 3 is 2.06 bits per heavy atom. The normalized spacial score (nSPS) is 24.5. The smallest absolute Gasteiger partial charge is 0.192 e. The topological polar surface area (TPSA) is 55.8 Å². The van der Waals surface area contributed by atoms with Gasteiger partial charge in [-0.2, -0.15) is 0 Å². The van der Waals surface area contributed by atoms with Gasteiger partial charge in [-0.3, -0.25) is 4.79 Å². The van der Waals surface area contributed by atoms with Crippen molar-refractivity contribution in [2.24, 2.45) is 11.8 Å². The Morgan fingerprint density at radius 1 is 1.03 bits per heavy atom. The predicted octanol–water partition coefficient (Wildman–Crippen LogP) is 7.10. The molecule has 1 N–H and O–H groups in total. The first-order valence-electron chi connectivity index (χ1n) is 12.6. The Balaban J connectivity index is 3.14. The van der Waals surface area contributed by atoms with Gasteiger partial charge < -0.3 is 14.0 Å². The zero-order valence-corrected chi connectivity index (χ0v) is 24.9. The minimum Gasteiger partial charge on any atom is -0.413 e. The third kappa shape index (κ3) is 7.90. The van der Waals surface area contributed by atoms with Crippen LogP contribution < -0.4 is 0 Å². The van der Waals surface area contributed by atoms with Crippen LogP contribution in [-0.4, -0.2) is 46.3 Å². The molecule has 0 spiro atoms. The highest BCUT2D eigenvalue weighted by Gasteiger charge is 2.47. The molecule has 0 heterocycles. The lowest BCUT2D eigenvalue weighted by Crippen LogP contribution is -2.45. The zero-order chi connectivity index (χ0) is 25.0. The Kier molecular flexibility index (Phi) is 10.6. The molecule has 6 heteroatoms. The maximum absolute atomic E-state index is 12.7. The van der Waals surface area contributed by atoms with Crippen LogP contribution in [0.5, 0.6) is 0 Å². The average molecular weight is 485 g/mol. The number of hydrogen-bond acceptors (Lipinski definition) is 4. The summed E-state index contributed by atoms with van der Waals surface area (Å²) in [5.41, 5.74) is 0. The predicted molar refractivity (Wildman–Crippen MR) is 141 cm³/mol. The maximum Gasteiger partial charge on any atom is 0.192 e. The van der Waals surface area contributed by atoms with Gasteiger partial charge in [0, 0.05) is 18.3 Å². The lowest BCUT2D eigenvalue weighted by Gasteiger charge is -2.40. The van der Waals surface area contributed by atoms with Gasteiger partial charge in [-0.1, -0.05) is 79.9 Å². The van der Waals surface area contributed by atoms with Gasteiger partial charge >= 0.3 is 0 Å². The van der Waals surface area contributed by atoms with Gasteiger partial charge in [0.25, 0.3) is 0 Å². The van der Waals surface area contributed by atoms with E-state index in [0.717, 1.165) is 12.8 Å². The molecule has 1 saturated carbocycles. The van der Waals surface area contributed by atoms with Gasteiger partial charge in [-0.15, -0.1) is 0 Å². The second-order valence-corrected chi connectivity index (χ2v) is 22.3. The molecule has 188 valence electrons. The van der Waals surface area contributed by atoms with Crippen LogP contribution >= 0.6 is 0 Å². The summed E-state index contributed by atoms with van der Waals surface area (Å²) in [6.07, 6.45) is 9.14. The summed E-state index contributed by atoms with van der Waals surface area (Å²) in [5, 5.41) is 10.2. The van der Waals surface area contributed by atoms with Crippen molar-refractivity contribution in [2.75, 3.05) is 6.61 Å². The van der Waals surface area contributed by atoms with E-state index in [0.29, 0.717) is 6.42 Å². The molecule has 0 amide bonds. The number of rotatable bonds is 11. The third-order valence-corrected chi connectivity index (χ3v) is 17.1. The molecule has 0 aliphatic heterocycles.